The molecule has 1 aliphatic heterocycles. The van der Waals surface area contributed by atoms with E-state index in [1.807, 2.05) is 20.8 Å². The van der Waals surface area contributed by atoms with Crippen molar-refractivity contribution < 1.29 is 19.0 Å². The Balaban J connectivity index is 2.57. The fourth-order valence-corrected chi connectivity index (χ4v) is 1.53. The minimum absolute atomic E-state index is 0.283. The second-order valence-corrected chi connectivity index (χ2v) is 4.74. The first kappa shape index (κ1) is 13.0. The van der Waals surface area contributed by atoms with Crippen molar-refractivity contribution in [2.45, 2.75) is 52.9 Å². The minimum Gasteiger partial charge on any atom is -0.469 e. The van der Waals surface area contributed by atoms with Crippen molar-refractivity contribution >= 4 is 5.97 Å². The number of ether oxygens (including phenoxy) is 3. The van der Waals surface area contributed by atoms with E-state index < -0.39 is 0 Å². The van der Waals surface area contributed by atoms with E-state index >= 15 is 0 Å². The molecule has 0 aromatic rings. The Morgan fingerprint density at radius 3 is 2.62 bits per heavy atom. The number of hydrogen-bond donors (Lipinski definition) is 0. The number of allylic oxidation sites excluding steroid dienone is 1. The largest absolute Gasteiger partial charge is 0.469 e. The van der Waals surface area contributed by atoms with Crippen LogP contribution in [0.1, 0.15) is 41.0 Å². The lowest BCUT2D eigenvalue weighted by molar-refractivity contribution is -0.164. The molecule has 0 aliphatic carbocycles. The number of carbonyl (C=O) groups is 1. The zero-order chi connectivity index (χ0) is 12.3. The normalized spacial score (nSPS) is 20.9. The molecule has 0 radical (unpaired) electrons. The monoisotopic (exact) mass is 228 g/mol. The summed E-state index contributed by atoms with van der Waals surface area (Å²) in [6.45, 7) is 9.78. The first-order valence-electron chi connectivity index (χ1n) is 5.55. The molecule has 4 nitrogen and oxygen atoms in total. The number of rotatable bonds is 3. The summed E-state index contributed by atoms with van der Waals surface area (Å²) in [7, 11) is 0. The SMILES string of the molecule is CCOC(=O)C1=C(C)OC(OC(C)(C)C)C1. The van der Waals surface area contributed by atoms with Crippen molar-refractivity contribution in [3.05, 3.63) is 11.3 Å². The average Bonchev–Trinajstić information content (AvgIpc) is 2.44. The molecule has 0 N–H and O–H groups in total. The van der Waals surface area contributed by atoms with E-state index in [4.69, 9.17) is 14.2 Å². The van der Waals surface area contributed by atoms with Gasteiger partial charge in [0.1, 0.15) is 5.76 Å². The zero-order valence-corrected chi connectivity index (χ0v) is 10.6. The minimum atomic E-state index is -0.376. The third-order valence-corrected chi connectivity index (χ3v) is 2.11. The number of hydrogen-bond acceptors (Lipinski definition) is 4. The Bertz CT molecular complexity index is 299. The Labute approximate surface area is 96.6 Å². The van der Waals surface area contributed by atoms with Gasteiger partial charge in [-0.1, -0.05) is 0 Å². The predicted octanol–water partition coefficient (Wildman–Crippen LogP) is 2.39. The van der Waals surface area contributed by atoms with Gasteiger partial charge in [-0.05, 0) is 34.6 Å². The van der Waals surface area contributed by atoms with Gasteiger partial charge in [0.25, 0.3) is 0 Å². The van der Waals surface area contributed by atoms with E-state index in [1.54, 1.807) is 13.8 Å². The molecule has 0 amide bonds. The van der Waals surface area contributed by atoms with Gasteiger partial charge in [-0.25, -0.2) is 4.79 Å². The van der Waals surface area contributed by atoms with Crippen LogP contribution < -0.4 is 0 Å². The molecule has 0 saturated heterocycles. The Morgan fingerprint density at radius 2 is 2.12 bits per heavy atom. The lowest BCUT2D eigenvalue weighted by atomic mass is 10.1. The third-order valence-electron chi connectivity index (χ3n) is 2.11. The van der Waals surface area contributed by atoms with Crippen LogP contribution in [0.15, 0.2) is 11.3 Å². The molecule has 0 bridgehead atoms. The van der Waals surface area contributed by atoms with Crippen LogP contribution >= 0.6 is 0 Å². The molecule has 1 unspecified atom stereocenters. The summed E-state index contributed by atoms with van der Waals surface area (Å²) < 4.78 is 16.1. The van der Waals surface area contributed by atoms with Crippen LogP contribution in [0, 0.1) is 0 Å². The molecule has 1 rings (SSSR count). The fourth-order valence-electron chi connectivity index (χ4n) is 1.53. The van der Waals surface area contributed by atoms with E-state index in [1.165, 1.54) is 0 Å². The molecule has 92 valence electrons. The maximum Gasteiger partial charge on any atom is 0.337 e. The van der Waals surface area contributed by atoms with Crippen molar-refractivity contribution in [3.8, 4) is 0 Å². The summed E-state index contributed by atoms with van der Waals surface area (Å²) in [5.41, 5.74) is 0.297. The lowest BCUT2D eigenvalue weighted by Crippen LogP contribution is -2.27. The Morgan fingerprint density at radius 1 is 1.50 bits per heavy atom. The molecular weight excluding hydrogens is 208 g/mol. The second kappa shape index (κ2) is 4.87. The quantitative estimate of drug-likeness (QED) is 0.696. The van der Waals surface area contributed by atoms with Crippen molar-refractivity contribution in [1.29, 1.82) is 0 Å². The topological polar surface area (TPSA) is 44.8 Å². The summed E-state index contributed by atoms with van der Waals surface area (Å²) >= 11 is 0. The number of esters is 1. The van der Waals surface area contributed by atoms with Crippen molar-refractivity contribution in [2.75, 3.05) is 6.61 Å². The van der Waals surface area contributed by atoms with Gasteiger partial charge in [0.15, 0.2) is 0 Å². The average molecular weight is 228 g/mol. The molecule has 1 heterocycles. The summed E-state index contributed by atoms with van der Waals surface area (Å²) in [6, 6.07) is 0. The second-order valence-electron chi connectivity index (χ2n) is 4.74. The van der Waals surface area contributed by atoms with Crippen molar-refractivity contribution in [2.24, 2.45) is 0 Å². The van der Waals surface area contributed by atoms with Gasteiger partial charge < -0.3 is 14.2 Å². The maximum atomic E-state index is 11.6. The highest BCUT2D eigenvalue weighted by molar-refractivity contribution is 5.89. The summed E-state index contributed by atoms with van der Waals surface area (Å²) in [5.74, 6) is 0.299. The van der Waals surface area contributed by atoms with Crippen LogP contribution in [0.25, 0.3) is 0 Å². The van der Waals surface area contributed by atoms with Crippen LogP contribution in [-0.4, -0.2) is 24.5 Å². The Hall–Kier alpha value is -1.03. The summed E-state index contributed by atoms with van der Waals surface area (Å²) in [4.78, 5) is 11.6. The molecule has 1 aliphatic rings. The molecule has 0 aromatic heterocycles. The van der Waals surface area contributed by atoms with Crippen LogP contribution in [-0.2, 0) is 19.0 Å². The van der Waals surface area contributed by atoms with Gasteiger partial charge in [0.2, 0.25) is 6.29 Å². The molecule has 0 spiro atoms. The predicted molar refractivity (Wildman–Crippen MR) is 59.7 cm³/mol. The first-order valence-corrected chi connectivity index (χ1v) is 5.55. The molecule has 0 saturated carbocycles. The van der Waals surface area contributed by atoms with E-state index in [9.17, 15) is 4.79 Å². The molecule has 1 atom stereocenters. The molecule has 4 heteroatoms. The van der Waals surface area contributed by atoms with E-state index in [0.29, 0.717) is 24.4 Å². The van der Waals surface area contributed by atoms with E-state index in [-0.39, 0.29) is 17.9 Å². The molecule has 0 fully saturated rings. The molecular formula is C12H20O4. The van der Waals surface area contributed by atoms with Crippen LogP contribution in [0.2, 0.25) is 0 Å². The number of carbonyl (C=O) groups excluding carboxylic acids is 1. The van der Waals surface area contributed by atoms with Crippen molar-refractivity contribution in [1.82, 2.24) is 0 Å². The van der Waals surface area contributed by atoms with E-state index in [2.05, 4.69) is 0 Å². The lowest BCUT2D eigenvalue weighted by Gasteiger charge is -2.24. The Kier molecular flexibility index (Phi) is 3.97. The van der Waals surface area contributed by atoms with Gasteiger partial charge in [-0.2, -0.15) is 0 Å². The molecule has 0 aromatic carbocycles. The van der Waals surface area contributed by atoms with Crippen LogP contribution in [0.3, 0.4) is 0 Å². The smallest absolute Gasteiger partial charge is 0.337 e. The van der Waals surface area contributed by atoms with Gasteiger partial charge >= 0.3 is 5.97 Å². The maximum absolute atomic E-state index is 11.6. The highest BCUT2D eigenvalue weighted by atomic mass is 16.7. The van der Waals surface area contributed by atoms with Crippen LogP contribution in [0.4, 0.5) is 0 Å². The fraction of sp³-hybridized carbons (Fsp3) is 0.750. The van der Waals surface area contributed by atoms with E-state index in [0.717, 1.165) is 0 Å². The van der Waals surface area contributed by atoms with Crippen molar-refractivity contribution in [3.63, 3.8) is 0 Å². The summed E-state index contributed by atoms with van der Waals surface area (Å²) in [5, 5.41) is 0. The third kappa shape index (κ3) is 3.52. The van der Waals surface area contributed by atoms with Gasteiger partial charge in [0.05, 0.1) is 17.8 Å². The highest BCUT2D eigenvalue weighted by Gasteiger charge is 2.31. The van der Waals surface area contributed by atoms with Gasteiger partial charge in [-0.3, -0.25) is 0 Å². The first-order chi connectivity index (χ1) is 7.33. The zero-order valence-electron chi connectivity index (χ0n) is 10.6. The standard InChI is InChI=1S/C12H20O4/c1-6-14-11(13)9-7-10(15-8(9)2)16-12(3,4)5/h10H,6-7H2,1-5H3. The van der Waals surface area contributed by atoms with Gasteiger partial charge in [0, 0.05) is 6.42 Å². The van der Waals surface area contributed by atoms with Gasteiger partial charge in [-0.15, -0.1) is 0 Å². The van der Waals surface area contributed by atoms with Crippen LogP contribution in [0.5, 0.6) is 0 Å². The summed E-state index contributed by atoms with van der Waals surface area (Å²) in [6.07, 6.45) is 0.0847. The highest BCUT2D eigenvalue weighted by Crippen LogP contribution is 2.29. The molecule has 16 heavy (non-hydrogen) atoms.